The molecule has 0 bridgehead atoms. The Balaban J connectivity index is 1.44. The fourth-order valence-corrected chi connectivity index (χ4v) is 5.23. The normalized spacial score (nSPS) is 26.0. The van der Waals surface area contributed by atoms with Crippen molar-refractivity contribution in [1.29, 1.82) is 0 Å². The van der Waals surface area contributed by atoms with Crippen LogP contribution in [0.3, 0.4) is 0 Å². The van der Waals surface area contributed by atoms with Gasteiger partial charge in [0.25, 0.3) is 5.91 Å². The number of amides is 2. The molecule has 0 N–H and O–H groups in total. The second kappa shape index (κ2) is 6.66. The molecular formula is C23H24N2O3. The quantitative estimate of drug-likeness (QED) is 0.826. The Bertz CT molecular complexity index is 913. The van der Waals surface area contributed by atoms with Crippen molar-refractivity contribution in [2.24, 2.45) is 5.92 Å². The number of hydrogen-bond acceptors (Lipinski definition) is 3. The average molecular weight is 376 g/mol. The van der Waals surface area contributed by atoms with Crippen LogP contribution in [0.2, 0.25) is 0 Å². The first-order chi connectivity index (χ1) is 13.7. The van der Waals surface area contributed by atoms with Gasteiger partial charge in [0.15, 0.2) is 6.61 Å². The zero-order chi connectivity index (χ0) is 19.1. The highest BCUT2D eigenvalue weighted by Crippen LogP contribution is 2.53. The van der Waals surface area contributed by atoms with Crippen LogP contribution in [-0.2, 0) is 15.1 Å². The molecule has 1 saturated heterocycles. The molecule has 2 aromatic rings. The van der Waals surface area contributed by atoms with E-state index < -0.39 is 0 Å². The van der Waals surface area contributed by atoms with Crippen molar-refractivity contribution < 1.29 is 14.3 Å². The molecule has 2 heterocycles. The first-order valence-corrected chi connectivity index (χ1v) is 10.1. The van der Waals surface area contributed by atoms with Crippen molar-refractivity contribution >= 4 is 17.5 Å². The highest BCUT2D eigenvalue weighted by Gasteiger charge is 2.57. The van der Waals surface area contributed by atoms with E-state index in [4.69, 9.17) is 4.74 Å². The van der Waals surface area contributed by atoms with E-state index in [2.05, 4.69) is 24.3 Å². The van der Waals surface area contributed by atoms with Crippen molar-refractivity contribution in [2.45, 2.75) is 31.2 Å². The summed E-state index contributed by atoms with van der Waals surface area (Å²) in [4.78, 5) is 29.5. The molecule has 0 spiro atoms. The van der Waals surface area contributed by atoms with Gasteiger partial charge < -0.3 is 9.64 Å². The molecule has 3 aliphatic rings. The zero-order valence-electron chi connectivity index (χ0n) is 15.8. The van der Waals surface area contributed by atoms with Crippen LogP contribution in [-0.4, -0.2) is 36.4 Å². The van der Waals surface area contributed by atoms with Crippen molar-refractivity contribution in [3.8, 4) is 5.75 Å². The third-order valence-corrected chi connectivity index (χ3v) is 6.60. The second-order valence-corrected chi connectivity index (χ2v) is 7.97. The standard InChI is InChI=1S/C23H24N2O3/c26-21(15-24-19-11-4-5-12-20(19)28-16-22(24)27)25-14-18-10-6-7-13-23(18,25)17-8-2-1-3-9-17/h1-5,8-9,11-12,18H,6-7,10,13-16H2/t18-,23+/m0/s1. The average Bonchev–Trinajstić information content (AvgIpc) is 2.72. The van der Waals surface area contributed by atoms with Crippen LogP contribution in [0.25, 0.3) is 0 Å². The van der Waals surface area contributed by atoms with E-state index in [0.717, 1.165) is 25.8 Å². The van der Waals surface area contributed by atoms with Gasteiger partial charge in [-0.25, -0.2) is 0 Å². The molecule has 2 aromatic carbocycles. The summed E-state index contributed by atoms with van der Waals surface area (Å²) in [5.41, 5.74) is 1.71. The molecule has 1 saturated carbocycles. The summed E-state index contributed by atoms with van der Waals surface area (Å²) in [6.45, 7) is 0.838. The number of ether oxygens (including phenoxy) is 1. The molecular weight excluding hydrogens is 352 g/mol. The third kappa shape index (κ3) is 2.53. The van der Waals surface area contributed by atoms with E-state index >= 15 is 0 Å². The number of nitrogens with zero attached hydrogens (tertiary/aromatic N) is 2. The topological polar surface area (TPSA) is 49.9 Å². The van der Waals surface area contributed by atoms with E-state index in [-0.39, 0.29) is 30.5 Å². The predicted octanol–water partition coefficient (Wildman–Crippen LogP) is 3.34. The lowest BCUT2D eigenvalue weighted by Crippen LogP contribution is -2.69. The van der Waals surface area contributed by atoms with Crippen LogP contribution in [0, 0.1) is 5.92 Å². The highest BCUT2D eigenvalue weighted by atomic mass is 16.5. The molecule has 5 heteroatoms. The zero-order valence-corrected chi connectivity index (χ0v) is 15.8. The van der Waals surface area contributed by atoms with Gasteiger partial charge in [0.2, 0.25) is 5.91 Å². The van der Waals surface area contributed by atoms with Crippen LogP contribution < -0.4 is 9.64 Å². The van der Waals surface area contributed by atoms with Crippen molar-refractivity contribution in [3.63, 3.8) is 0 Å². The number of fused-ring (bicyclic) bond motifs is 2. The Morgan fingerprint density at radius 3 is 2.68 bits per heavy atom. The highest BCUT2D eigenvalue weighted by molar-refractivity contribution is 6.02. The summed E-state index contributed by atoms with van der Waals surface area (Å²) in [7, 11) is 0. The van der Waals surface area contributed by atoms with E-state index in [1.807, 2.05) is 35.2 Å². The lowest BCUT2D eigenvalue weighted by Gasteiger charge is -2.61. The minimum Gasteiger partial charge on any atom is -0.482 e. The molecule has 144 valence electrons. The number of likely N-dealkylation sites (tertiary alicyclic amines) is 1. The fourth-order valence-electron chi connectivity index (χ4n) is 5.23. The molecule has 2 fully saturated rings. The van der Waals surface area contributed by atoms with Gasteiger partial charge in [0, 0.05) is 12.5 Å². The van der Waals surface area contributed by atoms with Crippen LogP contribution in [0.5, 0.6) is 5.75 Å². The van der Waals surface area contributed by atoms with Crippen LogP contribution >= 0.6 is 0 Å². The van der Waals surface area contributed by atoms with Gasteiger partial charge in [-0.15, -0.1) is 0 Å². The van der Waals surface area contributed by atoms with E-state index in [0.29, 0.717) is 17.4 Å². The Morgan fingerprint density at radius 2 is 1.86 bits per heavy atom. The van der Waals surface area contributed by atoms with Crippen LogP contribution in [0.1, 0.15) is 31.2 Å². The van der Waals surface area contributed by atoms with Gasteiger partial charge in [-0.05, 0) is 30.5 Å². The lowest BCUT2D eigenvalue weighted by molar-refractivity contribution is -0.165. The SMILES string of the molecule is O=C1COc2ccccc2N1CC(=O)N1C[C@@H]2CCCC[C@@]21c1ccccc1. The van der Waals surface area contributed by atoms with E-state index in [1.54, 1.807) is 4.90 Å². The molecule has 5 nitrogen and oxygen atoms in total. The predicted molar refractivity (Wildman–Crippen MR) is 106 cm³/mol. The maximum Gasteiger partial charge on any atom is 0.265 e. The third-order valence-electron chi connectivity index (χ3n) is 6.60. The minimum absolute atomic E-state index is 0.0171. The van der Waals surface area contributed by atoms with Gasteiger partial charge in [-0.1, -0.05) is 55.3 Å². The molecule has 0 radical (unpaired) electrons. The molecule has 1 aliphatic carbocycles. The summed E-state index contributed by atoms with van der Waals surface area (Å²) in [6, 6.07) is 17.8. The van der Waals surface area contributed by atoms with E-state index in [1.165, 1.54) is 12.0 Å². The Labute approximate surface area is 164 Å². The number of para-hydroxylation sites is 2. The van der Waals surface area contributed by atoms with Gasteiger partial charge in [-0.3, -0.25) is 14.5 Å². The molecule has 28 heavy (non-hydrogen) atoms. The number of carbonyl (C=O) groups is 2. The number of hydrogen-bond donors (Lipinski definition) is 0. The van der Waals surface area contributed by atoms with E-state index in [9.17, 15) is 9.59 Å². The summed E-state index contributed by atoms with van der Waals surface area (Å²) in [5, 5.41) is 0. The Kier molecular flexibility index (Phi) is 4.11. The number of carbonyl (C=O) groups excluding carboxylic acids is 2. The first kappa shape index (κ1) is 17.3. The second-order valence-electron chi connectivity index (χ2n) is 7.97. The maximum atomic E-state index is 13.4. The van der Waals surface area contributed by atoms with Crippen molar-refractivity contribution in [3.05, 3.63) is 60.2 Å². The fraction of sp³-hybridized carbons (Fsp3) is 0.391. The van der Waals surface area contributed by atoms with Gasteiger partial charge in [-0.2, -0.15) is 0 Å². The molecule has 0 aromatic heterocycles. The molecule has 2 aliphatic heterocycles. The number of anilines is 1. The van der Waals surface area contributed by atoms with Crippen molar-refractivity contribution in [2.75, 3.05) is 24.6 Å². The maximum absolute atomic E-state index is 13.4. The number of rotatable bonds is 3. The smallest absolute Gasteiger partial charge is 0.265 e. The molecule has 2 amide bonds. The van der Waals surface area contributed by atoms with Crippen LogP contribution in [0.15, 0.2) is 54.6 Å². The summed E-state index contributed by atoms with van der Waals surface area (Å²) >= 11 is 0. The van der Waals surface area contributed by atoms with Gasteiger partial charge in [0.1, 0.15) is 12.3 Å². The summed E-state index contributed by atoms with van der Waals surface area (Å²) < 4.78 is 5.51. The minimum atomic E-state index is -0.203. The molecule has 2 atom stereocenters. The molecule has 0 unspecified atom stereocenters. The monoisotopic (exact) mass is 376 g/mol. The number of benzene rings is 2. The first-order valence-electron chi connectivity index (χ1n) is 10.1. The summed E-state index contributed by atoms with van der Waals surface area (Å²) in [6.07, 6.45) is 4.53. The van der Waals surface area contributed by atoms with Gasteiger partial charge in [0.05, 0.1) is 11.2 Å². The Hall–Kier alpha value is -2.82. The van der Waals surface area contributed by atoms with Gasteiger partial charge >= 0.3 is 0 Å². The Morgan fingerprint density at radius 1 is 1.07 bits per heavy atom. The lowest BCUT2D eigenvalue weighted by atomic mass is 9.61. The largest absolute Gasteiger partial charge is 0.482 e. The van der Waals surface area contributed by atoms with Crippen LogP contribution in [0.4, 0.5) is 5.69 Å². The summed E-state index contributed by atoms with van der Waals surface area (Å²) in [5.74, 6) is 1.03. The molecule has 5 rings (SSSR count). The van der Waals surface area contributed by atoms with Crippen molar-refractivity contribution in [1.82, 2.24) is 4.90 Å².